The lowest BCUT2D eigenvalue weighted by Gasteiger charge is -2.34. The summed E-state index contributed by atoms with van der Waals surface area (Å²) in [6, 6.07) is 15.8. The monoisotopic (exact) mass is 552 g/mol. The number of amides is 2. The molecular weight excluding hydrogens is 510 g/mol. The fraction of sp³-hybridized carbons (Fsp3) is 0.414. The molecule has 2 aromatic carbocycles. The Bertz CT molecular complexity index is 1220. The Labute approximate surface area is 236 Å². The molecule has 10 heteroatoms. The molecule has 3 rings (SSSR count). The summed E-state index contributed by atoms with van der Waals surface area (Å²) in [7, 11) is 2.12. The second-order valence-corrected chi connectivity index (χ2v) is 10.6. The molecule has 8 N–H and O–H groups in total. The molecular formula is C29H42N7O2S+. The van der Waals surface area contributed by atoms with Gasteiger partial charge < -0.3 is 32.3 Å². The van der Waals surface area contributed by atoms with Crippen molar-refractivity contribution in [2.45, 2.75) is 37.1 Å². The number of quaternary nitrogens is 1. The highest BCUT2D eigenvalue weighted by molar-refractivity contribution is 7.79. The highest BCUT2D eigenvalue weighted by atomic mass is 32.1. The van der Waals surface area contributed by atoms with Crippen molar-refractivity contribution in [2.75, 3.05) is 45.1 Å². The largest absolute Gasteiger partial charge is 0.343 e. The molecule has 39 heavy (non-hydrogen) atoms. The lowest BCUT2D eigenvalue weighted by Crippen LogP contribution is -2.52. The van der Waals surface area contributed by atoms with E-state index in [-0.39, 0.29) is 11.8 Å². The molecule has 0 radical (unpaired) electrons. The van der Waals surface area contributed by atoms with E-state index in [2.05, 4.69) is 35.3 Å². The van der Waals surface area contributed by atoms with Gasteiger partial charge in [-0.2, -0.15) is 12.6 Å². The molecule has 9 nitrogen and oxygen atoms in total. The van der Waals surface area contributed by atoms with Crippen LogP contribution in [0.5, 0.6) is 0 Å². The zero-order chi connectivity index (χ0) is 28.3. The van der Waals surface area contributed by atoms with Crippen molar-refractivity contribution in [1.82, 2.24) is 10.3 Å². The number of carbonyl (C=O) groups excluding carboxylic acids is 2. The van der Waals surface area contributed by atoms with Crippen LogP contribution in [0.2, 0.25) is 0 Å². The standard InChI is InChI=1S/C29H41N7O2S/c1-36(15-12-30,16-13-31)14-4-6-25(32)28(37)35-27(17-21-8-10-22(20-39)11-9-21)29(38)34-24-18-23-5-2-3-7-26(23)33-19-24/h2-3,5,7-11,18-19,25,27H,4,6,12-17,20,30-32H2,1H3,(H2-,34,35,37,38,39)/p+1/t25-,27+/m0/s1. The summed E-state index contributed by atoms with van der Waals surface area (Å²) in [5.41, 5.74) is 21.2. The van der Waals surface area contributed by atoms with Gasteiger partial charge in [-0.1, -0.05) is 42.5 Å². The SMILES string of the molecule is C[N+](CCN)(CCN)CCC[C@H](N)C(=O)N[C@H](Cc1ccc(CS)cc1)C(=O)Nc1cnc2ccccc2c1. The minimum Gasteiger partial charge on any atom is -0.343 e. The lowest BCUT2D eigenvalue weighted by atomic mass is 10.0. The Morgan fingerprint density at radius 3 is 2.31 bits per heavy atom. The number of hydrogen-bond acceptors (Lipinski definition) is 7. The van der Waals surface area contributed by atoms with Crippen molar-refractivity contribution in [3.63, 3.8) is 0 Å². The number of rotatable bonds is 15. The first-order valence-electron chi connectivity index (χ1n) is 13.4. The van der Waals surface area contributed by atoms with Gasteiger partial charge in [-0.15, -0.1) is 0 Å². The Morgan fingerprint density at radius 1 is 0.974 bits per heavy atom. The summed E-state index contributed by atoms with van der Waals surface area (Å²) in [5, 5.41) is 6.72. The fourth-order valence-corrected chi connectivity index (χ4v) is 4.87. The predicted octanol–water partition coefficient (Wildman–Crippen LogP) is 1.80. The zero-order valence-corrected chi connectivity index (χ0v) is 23.6. The van der Waals surface area contributed by atoms with Crippen LogP contribution in [0.1, 0.15) is 24.0 Å². The number of likely N-dealkylation sites (N-methyl/N-ethyl adjacent to an activating group) is 1. The Morgan fingerprint density at radius 2 is 1.64 bits per heavy atom. The predicted molar refractivity (Wildman–Crippen MR) is 161 cm³/mol. The van der Waals surface area contributed by atoms with Gasteiger partial charge in [0.2, 0.25) is 11.8 Å². The van der Waals surface area contributed by atoms with Crippen molar-refractivity contribution < 1.29 is 14.1 Å². The van der Waals surface area contributed by atoms with E-state index in [0.717, 1.165) is 52.6 Å². The first kappa shape index (κ1) is 30.5. The molecule has 0 saturated carbocycles. The number of thiol groups is 1. The Hall–Kier alpha value is -3.02. The van der Waals surface area contributed by atoms with Gasteiger partial charge in [-0.05, 0) is 36.1 Å². The van der Waals surface area contributed by atoms with Gasteiger partial charge in [0, 0.05) is 30.6 Å². The average molecular weight is 553 g/mol. The number of carbonyl (C=O) groups is 2. The van der Waals surface area contributed by atoms with Crippen molar-refractivity contribution in [2.24, 2.45) is 17.2 Å². The quantitative estimate of drug-likeness (QED) is 0.125. The van der Waals surface area contributed by atoms with Crippen LogP contribution in [0, 0.1) is 0 Å². The van der Waals surface area contributed by atoms with Crippen LogP contribution in [-0.4, -0.2) is 73.1 Å². The van der Waals surface area contributed by atoms with E-state index in [4.69, 9.17) is 17.2 Å². The number of aromatic nitrogens is 1. The van der Waals surface area contributed by atoms with Gasteiger partial charge in [-0.3, -0.25) is 14.6 Å². The summed E-state index contributed by atoms with van der Waals surface area (Å²) in [4.78, 5) is 30.9. The number of para-hydroxylation sites is 1. The smallest absolute Gasteiger partial charge is 0.247 e. The topological polar surface area (TPSA) is 149 Å². The number of nitrogens with two attached hydrogens (primary N) is 3. The number of fused-ring (bicyclic) bond motifs is 1. The van der Waals surface area contributed by atoms with Gasteiger partial charge in [0.1, 0.15) is 6.04 Å². The Balaban J connectivity index is 1.68. The third kappa shape index (κ3) is 9.29. The molecule has 0 spiro atoms. The summed E-state index contributed by atoms with van der Waals surface area (Å²) in [6.45, 7) is 3.60. The highest BCUT2D eigenvalue weighted by Crippen LogP contribution is 2.17. The summed E-state index contributed by atoms with van der Waals surface area (Å²) in [6.07, 6.45) is 3.18. The van der Waals surface area contributed by atoms with Crippen LogP contribution in [0.3, 0.4) is 0 Å². The molecule has 0 saturated heterocycles. The number of nitrogens with one attached hydrogen (secondary N) is 2. The second kappa shape index (κ2) is 14.9. The van der Waals surface area contributed by atoms with E-state index in [1.807, 2.05) is 54.6 Å². The molecule has 2 amide bonds. The summed E-state index contributed by atoms with van der Waals surface area (Å²) < 4.78 is 0.744. The van der Waals surface area contributed by atoms with E-state index in [1.54, 1.807) is 6.20 Å². The number of pyridine rings is 1. The molecule has 3 aromatic rings. The third-order valence-electron chi connectivity index (χ3n) is 7.02. The van der Waals surface area contributed by atoms with Crippen LogP contribution in [0.4, 0.5) is 5.69 Å². The summed E-state index contributed by atoms with van der Waals surface area (Å²) >= 11 is 4.31. The number of benzene rings is 2. The molecule has 1 aromatic heterocycles. The number of anilines is 1. The van der Waals surface area contributed by atoms with Crippen LogP contribution in [-0.2, 0) is 21.8 Å². The van der Waals surface area contributed by atoms with Crippen molar-refractivity contribution in [1.29, 1.82) is 0 Å². The van der Waals surface area contributed by atoms with Crippen LogP contribution >= 0.6 is 12.6 Å². The van der Waals surface area contributed by atoms with Crippen molar-refractivity contribution >= 4 is 41.0 Å². The molecule has 1 heterocycles. The third-order valence-corrected chi connectivity index (χ3v) is 7.39. The fourth-order valence-electron chi connectivity index (χ4n) is 4.66. The molecule has 0 aliphatic carbocycles. The molecule has 2 atom stereocenters. The maximum absolute atomic E-state index is 13.4. The van der Waals surface area contributed by atoms with Crippen LogP contribution < -0.4 is 27.8 Å². The van der Waals surface area contributed by atoms with Gasteiger partial charge in [-0.25, -0.2) is 0 Å². The number of hydrogen-bond donors (Lipinski definition) is 6. The minimum atomic E-state index is -0.813. The number of nitrogens with zero attached hydrogens (tertiary/aromatic N) is 2. The van der Waals surface area contributed by atoms with Crippen molar-refractivity contribution in [3.05, 3.63) is 71.9 Å². The van der Waals surface area contributed by atoms with E-state index >= 15 is 0 Å². The minimum absolute atomic E-state index is 0.320. The molecule has 0 unspecified atom stereocenters. The van der Waals surface area contributed by atoms with Crippen molar-refractivity contribution in [3.8, 4) is 0 Å². The zero-order valence-electron chi connectivity index (χ0n) is 22.7. The first-order valence-corrected chi connectivity index (χ1v) is 14.0. The molecule has 0 aliphatic heterocycles. The van der Waals surface area contributed by atoms with Crippen LogP contribution in [0.25, 0.3) is 10.9 Å². The molecule has 210 valence electrons. The van der Waals surface area contributed by atoms with Gasteiger partial charge >= 0.3 is 0 Å². The highest BCUT2D eigenvalue weighted by Gasteiger charge is 2.26. The van der Waals surface area contributed by atoms with E-state index in [0.29, 0.717) is 37.4 Å². The molecule has 0 bridgehead atoms. The van der Waals surface area contributed by atoms with Gasteiger partial charge in [0.25, 0.3) is 0 Å². The second-order valence-electron chi connectivity index (χ2n) is 10.3. The summed E-state index contributed by atoms with van der Waals surface area (Å²) in [5.74, 6) is -0.0642. The van der Waals surface area contributed by atoms with Gasteiger partial charge in [0.15, 0.2) is 0 Å². The maximum atomic E-state index is 13.4. The van der Waals surface area contributed by atoms with E-state index < -0.39 is 12.1 Å². The van der Waals surface area contributed by atoms with Gasteiger partial charge in [0.05, 0.1) is 50.1 Å². The Kier molecular flexibility index (Phi) is 11.7. The maximum Gasteiger partial charge on any atom is 0.247 e. The average Bonchev–Trinajstić information content (AvgIpc) is 2.93. The van der Waals surface area contributed by atoms with Crippen LogP contribution in [0.15, 0.2) is 60.8 Å². The van der Waals surface area contributed by atoms with E-state index in [9.17, 15) is 9.59 Å². The molecule has 0 aliphatic rings. The lowest BCUT2D eigenvalue weighted by molar-refractivity contribution is -0.907. The normalized spacial score (nSPS) is 13.2. The molecule has 0 fully saturated rings. The first-order chi connectivity index (χ1) is 18.8. The van der Waals surface area contributed by atoms with E-state index in [1.165, 1.54) is 0 Å².